The van der Waals surface area contributed by atoms with Gasteiger partial charge in [0.1, 0.15) is 17.4 Å². The molecule has 1 atom stereocenters. The van der Waals surface area contributed by atoms with E-state index in [9.17, 15) is 14.0 Å². The molecule has 0 amide bonds. The van der Waals surface area contributed by atoms with Crippen molar-refractivity contribution in [1.29, 1.82) is 0 Å². The molecule has 2 aromatic rings. The third-order valence-electron chi connectivity index (χ3n) is 3.60. The average Bonchev–Trinajstić information content (AvgIpc) is 2.46. The molecule has 0 saturated carbocycles. The maximum atomic E-state index is 13.1. The number of halogens is 1. The average molecular weight is 284 g/mol. The van der Waals surface area contributed by atoms with Crippen molar-refractivity contribution >= 4 is 11.6 Å². The van der Waals surface area contributed by atoms with Gasteiger partial charge in [-0.15, -0.1) is 0 Å². The minimum Gasteiger partial charge on any atom is -0.299 e. The summed E-state index contributed by atoms with van der Waals surface area (Å²) in [6.07, 6.45) is 0. The third-order valence-corrected chi connectivity index (χ3v) is 3.60. The van der Waals surface area contributed by atoms with E-state index < -0.39 is 5.92 Å². The molecule has 3 heteroatoms. The van der Waals surface area contributed by atoms with E-state index in [-0.39, 0.29) is 23.3 Å². The van der Waals surface area contributed by atoms with E-state index in [4.69, 9.17) is 0 Å². The standard InChI is InChI=1S/C18H17FO2/c1-12(20)17(13(2)21)18(14-6-4-3-5-7-14)15-8-10-16(19)11-9-15/h3-11,17-18H,1-2H3/t18-/m1/s1. The Bertz CT molecular complexity index is 618. The second kappa shape index (κ2) is 6.44. The van der Waals surface area contributed by atoms with Crippen LogP contribution in [0.3, 0.4) is 0 Å². The highest BCUT2D eigenvalue weighted by Gasteiger charge is 2.32. The Morgan fingerprint density at radius 1 is 0.810 bits per heavy atom. The number of ketones is 2. The Morgan fingerprint density at radius 2 is 1.29 bits per heavy atom. The van der Waals surface area contributed by atoms with Gasteiger partial charge >= 0.3 is 0 Å². The number of carbonyl (C=O) groups excluding carboxylic acids is 2. The quantitative estimate of drug-likeness (QED) is 0.784. The molecule has 0 spiro atoms. The van der Waals surface area contributed by atoms with Crippen molar-refractivity contribution in [1.82, 2.24) is 0 Å². The van der Waals surface area contributed by atoms with Gasteiger partial charge in [0.2, 0.25) is 0 Å². The Hall–Kier alpha value is -2.29. The number of benzene rings is 2. The number of carbonyl (C=O) groups is 2. The first kappa shape index (κ1) is 15.1. The van der Waals surface area contributed by atoms with Crippen LogP contribution >= 0.6 is 0 Å². The number of rotatable bonds is 5. The maximum Gasteiger partial charge on any atom is 0.141 e. The fraction of sp³-hybridized carbons (Fsp3) is 0.222. The first-order valence-corrected chi connectivity index (χ1v) is 6.82. The summed E-state index contributed by atoms with van der Waals surface area (Å²) in [4.78, 5) is 23.9. The van der Waals surface area contributed by atoms with Crippen molar-refractivity contribution in [2.24, 2.45) is 5.92 Å². The lowest BCUT2D eigenvalue weighted by Gasteiger charge is -2.24. The monoisotopic (exact) mass is 284 g/mol. The predicted octanol–water partition coefficient (Wildman–Crippen LogP) is 3.75. The number of hydrogen-bond acceptors (Lipinski definition) is 2. The van der Waals surface area contributed by atoms with Gasteiger partial charge in [-0.1, -0.05) is 42.5 Å². The van der Waals surface area contributed by atoms with Crippen LogP contribution in [0.4, 0.5) is 4.39 Å². The van der Waals surface area contributed by atoms with Crippen LogP contribution in [0.2, 0.25) is 0 Å². The summed E-state index contributed by atoms with van der Waals surface area (Å²) in [6, 6.07) is 15.3. The molecule has 0 aliphatic rings. The van der Waals surface area contributed by atoms with Gasteiger partial charge in [-0.05, 0) is 37.1 Å². The van der Waals surface area contributed by atoms with Gasteiger partial charge in [0.05, 0.1) is 5.92 Å². The van der Waals surface area contributed by atoms with Gasteiger partial charge in [-0.3, -0.25) is 9.59 Å². The van der Waals surface area contributed by atoms with Crippen LogP contribution in [0.1, 0.15) is 30.9 Å². The Labute approximate surface area is 123 Å². The van der Waals surface area contributed by atoms with Crippen LogP contribution in [-0.2, 0) is 9.59 Å². The zero-order chi connectivity index (χ0) is 15.4. The number of hydrogen-bond donors (Lipinski definition) is 0. The van der Waals surface area contributed by atoms with Crippen LogP contribution in [-0.4, -0.2) is 11.6 Å². The van der Waals surface area contributed by atoms with Gasteiger partial charge < -0.3 is 0 Å². The van der Waals surface area contributed by atoms with Crippen LogP contribution in [0.25, 0.3) is 0 Å². The first-order valence-electron chi connectivity index (χ1n) is 6.82. The zero-order valence-electron chi connectivity index (χ0n) is 12.0. The lowest BCUT2D eigenvalue weighted by Crippen LogP contribution is -2.27. The summed E-state index contributed by atoms with van der Waals surface area (Å²) in [5.41, 5.74) is 1.64. The minimum absolute atomic E-state index is 0.180. The van der Waals surface area contributed by atoms with Crippen LogP contribution in [0.5, 0.6) is 0 Å². The van der Waals surface area contributed by atoms with Crippen molar-refractivity contribution in [3.8, 4) is 0 Å². The lowest BCUT2D eigenvalue weighted by molar-refractivity contribution is -0.130. The summed E-state index contributed by atoms with van der Waals surface area (Å²) in [5, 5.41) is 0. The van der Waals surface area contributed by atoms with Crippen molar-refractivity contribution in [2.75, 3.05) is 0 Å². The predicted molar refractivity (Wildman–Crippen MR) is 79.5 cm³/mol. The SMILES string of the molecule is CC(=O)C(C(C)=O)[C@H](c1ccccc1)c1ccc(F)cc1. The van der Waals surface area contributed by atoms with E-state index in [0.717, 1.165) is 11.1 Å². The first-order chi connectivity index (χ1) is 10.0. The molecule has 21 heavy (non-hydrogen) atoms. The Morgan fingerprint density at radius 3 is 1.76 bits per heavy atom. The molecule has 0 fully saturated rings. The van der Waals surface area contributed by atoms with E-state index in [1.165, 1.54) is 26.0 Å². The molecule has 0 N–H and O–H groups in total. The second-order valence-electron chi connectivity index (χ2n) is 5.14. The highest BCUT2D eigenvalue weighted by Crippen LogP contribution is 2.33. The Balaban J connectivity index is 2.56. The molecule has 0 aromatic heterocycles. The topological polar surface area (TPSA) is 34.1 Å². The van der Waals surface area contributed by atoms with Crippen LogP contribution in [0, 0.1) is 11.7 Å². The Kier molecular flexibility index (Phi) is 4.63. The normalized spacial score (nSPS) is 12.2. The molecule has 0 radical (unpaired) electrons. The van der Waals surface area contributed by atoms with Gasteiger partial charge in [0, 0.05) is 5.92 Å². The van der Waals surface area contributed by atoms with E-state index in [0.29, 0.717) is 0 Å². The molecule has 0 bridgehead atoms. The molecule has 108 valence electrons. The molecule has 0 aliphatic heterocycles. The molecule has 0 heterocycles. The summed E-state index contributed by atoms with van der Waals surface area (Å²) >= 11 is 0. The molecular formula is C18H17FO2. The molecule has 2 nitrogen and oxygen atoms in total. The zero-order valence-corrected chi connectivity index (χ0v) is 12.0. The summed E-state index contributed by atoms with van der Waals surface area (Å²) in [5.74, 6) is -1.84. The molecule has 0 aliphatic carbocycles. The van der Waals surface area contributed by atoms with Crippen molar-refractivity contribution < 1.29 is 14.0 Å². The van der Waals surface area contributed by atoms with Crippen molar-refractivity contribution in [3.05, 3.63) is 71.5 Å². The van der Waals surface area contributed by atoms with Gasteiger partial charge in [-0.25, -0.2) is 4.39 Å². The lowest BCUT2D eigenvalue weighted by atomic mass is 9.77. The summed E-state index contributed by atoms with van der Waals surface area (Å²) in [7, 11) is 0. The molecule has 0 saturated heterocycles. The van der Waals surface area contributed by atoms with E-state index >= 15 is 0 Å². The van der Waals surface area contributed by atoms with Gasteiger partial charge in [-0.2, -0.15) is 0 Å². The largest absolute Gasteiger partial charge is 0.299 e. The van der Waals surface area contributed by atoms with Gasteiger partial charge in [0.15, 0.2) is 0 Å². The molecule has 2 aromatic carbocycles. The van der Waals surface area contributed by atoms with Crippen LogP contribution in [0.15, 0.2) is 54.6 Å². The van der Waals surface area contributed by atoms with E-state index in [1.807, 2.05) is 30.3 Å². The number of Topliss-reactive ketones (excluding diaryl/α,β-unsaturated/α-hetero) is 2. The third kappa shape index (κ3) is 3.43. The van der Waals surface area contributed by atoms with E-state index in [1.54, 1.807) is 12.1 Å². The molecule has 0 unspecified atom stereocenters. The summed E-state index contributed by atoms with van der Waals surface area (Å²) < 4.78 is 13.1. The smallest absolute Gasteiger partial charge is 0.141 e. The van der Waals surface area contributed by atoms with Crippen molar-refractivity contribution in [2.45, 2.75) is 19.8 Å². The molecule has 2 rings (SSSR count). The minimum atomic E-state index is -0.752. The van der Waals surface area contributed by atoms with Crippen LogP contribution < -0.4 is 0 Å². The van der Waals surface area contributed by atoms with Crippen molar-refractivity contribution in [3.63, 3.8) is 0 Å². The maximum absolute atomic E-state index is 13.1. The highest BCUT2D eigenvalue weighted by molar-refractivity contribution is 6.01. The fourth-order valence-electron chi connectivity index (χ4n) is 2.66. The fourth-order valence-corrected chi connectivity index (χ4v) is 2.66. The van der Waals surface area contributed by atoms with E-state index in [2.05, 4.69) is 0 Å². The second-order valence-corrected chi connectivity index (χ2v) is 5.14. The summed E-state index contributed by atoms with van der Waals surface area (Å²) in [6.45, 7) is 2.84. The molecular weight excluding hydrogens is 267 g/mol. The van der Waals surface area contributed by atoms with Gasteiger partial charge in [0.25, 0.3) is 0 Å². The highest BCUT2D eigenvalue weighted by atomic mass is 19.1.